The fourth-order valence-corrected chi connectivity index (χ4v) is 2.79. The van der Waals surface area contributed by atoms with E-state index >= 15 is 0 Å². The van der Waals surface area contributed by atoms with E-state index in [0.717, 1.165) is 19.7 Å². The lowest BCUT2D eigenvalue weighted by Gasteiger charge is -2.39. The fraction of sp³-hybridized carbons (Fsp3) is 0.647. The highest BCUT2D eigenvalue weighted by Gasteiger charge is 2.29. The Morgan fingerprint density at radius 2 is 2.00 bits per heavy atom. The van der Waals surface area contributed by atoms with Crippen LogP contribution in [0, 0.1) is 13.8 Å². The minimum Gasteiger partial charge on any atom is -0.371 e. The van der Waals surface area contributed by atoms with Crippen LogP contribution in [0.15, 0.2) is 18.2 Å². The highest BCUT2D eigenvalue weighted by molar-refractivity contribution is 5.32. The molecule has 4 heteroatoms. The standard InChI is InChI=1S/C17H27NO3/c1-12-6-7-13(2)15(8-12)16-9-18(14(3)11-21-16)10-17(19-4)20-5/h6-8,14,16-17H,9-11H2,1-5H3/t14-,16-/m1/s1. The summed E-state index contributed by atoms with van der Waals surface area (Å²) in [5.74, 6) is 0. The number of aryl methyl sites for hydroxylation is 2. The van der Waals surface area contributed by atoms with E-state index in [4.69, 9.17) is 14.2 Å². The van der Waals surface area contributed by atoms with Gasteiger partial charge >= 0.3 is 0 Å². The SMILES string of the molecule is COC(CN1C[C@H](c2cc(C)ccc2C)OC[C@H]1C)OC. The van der Waals surface area contributed by atoms with Gasteiger partial charge in [0.2, 0.25) is 0 Å². The van der Waals surface area contributed by atoms with Crippen LogP contribution in [0.2, 0.25) is 0 Å². The number of methoxy groups -OCH3 is 2. The van der Waals surface area contributed by atoms with Crippen LogP contribution < -0.4 is 0 Å². The number of benzene rings is 1. The lowest BCUT2D eigenvalue weighted by Crippen LogP contribution is -2.48. The molecule has 0 bridgehead atoms. The molecule has 0 unspecified atom stereocenters. The summed E-state index contributed by atoms with van der Waals surface area (Å²) >= 11 is 0. The first kappa shape index (κ1) is 16.4. The molecule has 0 aliphatic carbocycles. The topological polar surface area (TPSA) is 30.9 Å². The molecule has 1 heterocycles. The Labute approximate surface area is 128 Å². The summed E-state index contributed by atoms with van der Waals surface area (Å²) in [5.41, 5.74) is 3.85. The van der Waals surface area contributed by atoms with Gasteiger partial charge in [0, 0.05) is 33.4 Å². The van der Waals surface area contributed by atoms with E-state index in [9.17, 15) is 0 Å². The van der Waals surface area contributed by atoms with E-state index in [1.807, 2.05) is 0 Å². The number of nitrogens with zero attached hydrogens (tertiary/aromatic N) is 1. The van der Waals surface area contributed by atoms with E-state index in [2.05, 4.69) is 43.9 Å². The quantitative estimate of drug-likeness (QED) is 0.781. The summed E-state index contributed by atoms with van der Waals surface area (Å²) < 4.78 is 16.7. The van der Waals surface area contributed by atoms with Crippen LogP contribution in [0.5, 0.6) is 0 Å². The molecule has 0 radical (unpaired) electrons. The maximum Gasteiger partial charge on any atom is 0.169 e. The molecule has 1 aromatic rings. The van der Waals surface area contributed by atoms with Crippen molar-refractivity contribution in [2.45, 2.75) is 39.2 Å². The molecule has 2 rings (SSSR count). The van der Waals surface area contributed by atoms with Gasteiger partial charge in [0.1, 0.15) is 0 Å². The Kier molecular flexibility index (Phi) is 5.76. The molecule has 1 aromatic carbocycles. The van der Waals surface area contributed by atoms with E-state index in [1.165, 1.54) is 16.7 Å². The van der Waals surface area contributed by atoms with Gasteiger partial charge in [0.15, 0.2) is 6.29 Å². The van der Waals surface area contributed by atoms with Crippen LogP contribution in [-0.4, -0.2) is 51.1 Å². The van der Waals surface area contributed by atoms with E-state index in [0.29, 0.717) is 6.04 Å². The third kappa shape index (κ3) is 4.04. The summed E-state index contributed by atoms with van der Waals surface area (Å²) in [7, 11) is 3.36. The van der Waals surface area contributed by atoms with Crippen LogP contribution in [0.1, 0.15) is 29.7 Å². The van der Waals surface area contributed by atoms with Gasteiger partial charge in [-0.15, -0.1) is 0 Å². The van der Waals surface area contributed by atoms with Crippen LogP contribution in [0.3, 0.4) is 0 Å². The van der Waals surface area contributed by atoms with E-state index in [-0.39, 0.29) is 12.4 Å². The molecule has 1 fully saturated rings. The average Bonchev–Trinajstić information content (AvgIpc) is 2.49. The molecule has 2 atom stereocenters. The maximum absolute atomic E-state index is 6.07. The van der Waals surface area contributed by atoms with Crippen molar-refractivity contribution in [3.05, 3.63) is 34.9 Å². The third-order valence-corrected chi connectivity index (χ3v) is 4.25. The Hall–Kier alpha value is -0.940. The zero-order chi connectivity index (χ0) is 15.4. The Morgan fingerprint density at radius 3 is 2.67 bits per heavy atom. The zero-order valence-electron chi connectivity index (χ0n) is 13.8. The molecular weight excluding hydrogens is 266 g/mol. The number of morpholine rings is 1. The third-order valence-electron chi connectivity index (χ3n) is 4.25. The van der Waals surface area contributed by atoms with Crippen molar-refractivity contribution >= 4 is 0 Å². The molecule has 0 spiro atoms. The summed E-state index contributed by atoms with van der Waals surface area (Å²) in [6.45, 7) is 8.82. The van der Waals surface area contributed by atoms with Gasteiger partial charge in [0.05, 0.1) is 12.7 Å². The molecule has 1 aliphatic rings. The molecule has 4 nitrogen and oxygen atoms in total. The van der Waals surface area contributed by atoms with Crippen molar-refractivity contribution in [3.8, 4) is 0 Å². The number of ether oxygens (including phenoxy) is 3. The zero-order valence-corrected chi connectivity index (χ0v) is 13.8. The van der Waals surface area contributed by atoms with Gasteiger partial charge in [-0.2, -0.15) is 0 Å². The van der Waals surface area contributed by atoms with Crippen molar-refractivity contribution in [3.63, 3.8) is 0 Å². The van der Waals surface area contributed by atoms with Gasteiger partial charge in [-0.25, -0.2) is 0 Å². The monoisotopic (exact) mass is 293 g/mol. The molecular formula is C17H27NO3. The summed E-state index contributed by atoms with van der Waals surface area (Å²) in [4.78, 5) is 2.38. The Morgan fingerprint density at radius 1 is 1.29 bits per heavy atom. The molecule has 118 valence electrons. The lowest BCUT2D eigenvalue weighted by molar-refractivity contribution is -0.142. The average molecular weight is 293 g/mol. The van der Waals surface area contributed by atoms with E-state index < -0.39 is 0 Å². The van der Waals surface area contributed by atoms with Crippen LogP contribution >= 0.6 is 0 Å². The van der Waals surface area contributed by atoms with Gasteiger partial charge in [-0.05, 0) is 31.9 Å². The minimum atomic E-state index is -0.190. The minimum absolute atomic E-state index is 0.121. The van der Waals surface area contributed by atoms with Gasteiger partial charge in [-0.3, -0.25) is 4.90 Å². The smallest absolute Gasteiger partial charge is 0.169 e. The van der Waals surface area contributed by atoms with Gasteiger partial charge in [-0.1, -0.05) is 23.8 Å². The normalized spacial score (nSPS) is 23.7. The highest BCUT2D eigenvalue weighted by Crippen LogP contribution is 2.28. The van der Waals surface area contributed by atoms with Crippen molar-refractivity contribution < 1.29 is 14.2 Å². The molecule has 0 saturated carbocycles. The highest BCUT2D eigenvalue weighted by atomic mass is 16.7. The Bertz CT molecular complexity index is 459. The van der Waals surface area contributed by atoms with Crippen LogP contribution in [0.25, 0.3) is 0 Å². The maximum atomic E-state index is 6.07. The van der Waals surface area contributed by atoms with Crippen LogP contribution in [-0.2, 0) is 14.2 Å². The number of rotatable bonds is 5. The largest absolute Gasteiger partial charge is 0.371 e. The molecule has 1 saturated heterocycles. The summed E-state index contributed by atoms with van der Waals surface area (Å²) in [6.07, 6.45) is -0.0692. The van der Waals surface area contributed by atoms with Gasteiger partial charge < -0.3 is 14.2 Å². The first-order valence-electron chi connectivity index (χ1n) is 7.53. The fourth-order valence-electron chi connectivity index (χ4n) is 2.79. The molecule has 1 aliphatic heterocycles. The predicted molar refractivity (Wildman–Crippen MR) is 83.5 cm³/mol. The first-order valence-corrected chi connectivity index (χ1v) is 7.53. The summed E-state index contributed by atoms with van der Waals surface area (Å²) in [6, 6.07) is 6.93. The van der Waals surface area contributed by atoms with Crippen LogP contribution in [0.4, 0.5) is 0 Å². The van der Waals surface area contributed by atoms with Gasteiger partial charge in [0.25, 0.3) is 0 Å². The molecule has 0 N–H and O–H groups in total. The first-order chi connectivity index (χ1) is 10.0. The van der Waals surface area contributed by atoms with Crippen molar-refractivity contribution in [2.24, 2.45) is 0 Å². The van der Waals surface area contributed by atoms with Crippen molar-refractivity contribution in [1.29, 1.82) is 0 Å². The number of hydrogen-bond acceptors (Lipinski definition) is 4. The second kappa shape index (κ2) is 7.36. The molecule has 21 heavy (non-hydrogen) atoms. The lowest BCUT2D eigenvalue weighted by atomic mass is 9.99. The summed E-state index contributed by atoms with van der Waals surface area (Å²) in [5, 5.41) is 0. The second-order valence-corrected chi connectivity index (χ2v) is 5.89. The van der Waals surface area contributed by atoms with Crippen molar-refractivity contribution in [2.75, 3.05) is 33.9 Å². The number of hydrogen-bond donors (Lipinski definition) is 0. The second-order valence-electron chi connectivity index (χ2n) is 5.89. The molecule has 0 aromatic heterocycles. The molecule has 0 amide bonds. The van der Waals surface area contributed by atoms with E-state index in [1.54, 1.807) is 14.2 Å². The predicted octanol–water partition coefficient (Wildman–Crippen LogP) is 2.68. The van der Waals surface area contributed by atoms with Crippen molar-refractivity contribution in [1.82, 2.24) is 4.90 Å². The Balaban J connectivity index is 2.11.